The summed E-state index contributed by atoms with van der Waals surface area (Å²) in [5.74, 6) is 1.90. The molecule has 6 heteroatoms. The van der Waals surface area contributed by atoms with Crippen LogP contribution >= 0.6 is 0 Å². The maximum absolute atomic E-state index is 4.96. The number of aromatic nitrogens is 6. The predicted molar refractivity (Wildman–Crippen MR) is 186 cm³/mol. The van der Waals surface area contributed by atoms with E-state index < -0.39 is 0 Å². The highest BCUT2D eigenvalue weighted by molar-refractivity contribution is 6.03. The highest BCUT2D eigenvalue weighted by Crippen LogP contribution is 2.41. The van der Waals surface area contributed by atoms with E-state index in [2.05, 4.69) is 65.6 Å². The van der Waals surface area contributed by atoms with E-state index in [-0.39, 0.29) is 0 Å². The number of hydrogen-bond donors (Lipinski definition) is 0. The van der Waals surface area contributed by atoms with Crippen LogP contribution in [0.2, 0.25) is 0 Å². The van der Waals surface area contributed by atoms with Gasteiger partial charge in [-0.3, -0.25) is 15.0 Å². The number of hydrogen-bond acceptors (Lipinski definition) is 6. The topological polar surface area (TPSA) is 77.3 Å². The first-order valence-electron chi connectivity index (χ1n) is 15.6. The Morgan fingerprint density at radius 3 is 1.77 bits per heavy atom. The average Bonchev–Trinajstić information content (AvgIpc) is 3.54. The SMILES string of the molecule is c1ccc(-c2nc(-c3ccccc3)nc(-c3cccc(-c4cccc5c(-c6nccc7c6Cc6cccnc6-7)nccc45)c3)n2)cc1. The van der Waals surface area contributed by atoms with Crippen LogP contribution in [0.1, 0.15) is 11.1 Å². The second-order valence-electron chi connectivity index (χ2n) is 11.6. The summed E-state index contributed by atoms with van der Waals surface area (Å²) in [5, 5.41) is 2.16. The molecule has 47 heavy (non-hydrogen) atoms. The van der Waals surface area contributed by atoms with Gasteiger partial charge < -0.3 is 0 Å². The monoisotopic (exact) mass is 602 g/mol. The third kappa shape index (κ3) is 4.75. The lowest BCUT2D eigenvalue weighted by molar-refractivity contribution is 1.07. The first kappa shape index (κ1) is 27.0. The lowest BCUT2D eigenvalue weighted by Crippen LogP contribution is -2.00. The molecule has 0 saturated carbocycles. The Morgan fingerprint density at radius 1 is 0.383 bits per heavy atom. The number of benzene rings is 4. The van der Waals surface area contributed by atoms with E-state index in [4.69, 9.17) is 24.9 Å². The first-order chi connectivity index (χ1) is 23.3. The van der Waals surface area contributed by atoms with Gasteiger partial charge in [0.15, 0.2) is 17.5 Å². The molecular weight excluding hydrogens is 576 g/mol. The summed E-state index contributed by atoms with van der Waals surface area (Å²) in [7, 11) is 0. The van der Waals surface area contributed by atoms with E-state index in [0.29, 0.717) is 17.5 Å². The number of nitrogens with zero attached hydrogens (tertiary/aromatic N) is 6. The molecule has 4 heterocycles. The van der Waals surface area contributed by atoms with Gasteiger partial charge in [0.1, 0.15) is 0 Å². The van der Waals surface area contributed by atoms with Gasteiger partial charge in [0.2, 0.25) is 0 Å². The standard InChI is InChI=1S/C41H26N6/c1-3-10-26(11-4-1)39-45-40(27-12-5-2-6-13-27)47-41(46-39)30-15-7-14-28(24-30)31-17-8-18-33-32(31)19-22-43-37(33)38-35-25-29-16-9-21-42-36(29)34(35)20-23-44-38/h1-24H,25H2. The third-order valence-corrected chi connectivity index (χ3v) is 8.73. The largest absolute Gasteiger partial charge is 0.256 e. The number of fused-ring (bicyclic) bond motifs is 4. The molecule has 1 aliphatic rings. The van der Waals surface area contributed by atoms with Crippen molar-refractivity contribution in [2.24, 2.45) is 0 Å². The quantitative estimate of drug-likeness (QED) is 0.196. The van der Waals surface area contributed by atoms with Gasteiger partial charge in [-0.05, 0) is 51.9 Å². The smallest absolute Gasteiger partial charge is 0.164 e. The van der Waals surface area contributed by atoms with Gasteiger partial charge in [0.05, 0.1) is 17.1 Å². The van der Waals surface area contributed by atoms with Crippen LogP contribution in [0.3, 0.4) is 0 Å². The van der Waals surface area contributed by atoms with E-state index >= 15 is 0 Å². The predicted octanol–water partition coefficient (Wildman–Crippen LogP) is 9.12. The molecule has 6 nitrogen and oxygen atoms in total. The van der Waals surface area contributed by atoms with Crippen molar-refractivity contribution in [1.82, 2.24) is 29.9 Å². The Morgan fingerprint density at radius 2 is 1.00 bits per heavy atom. The summed E-state index contributed by atoms with van der Waals surface area (Å²) in [5.41, 5.74) is 11.3. The van der Waals surface area contributed by atoms with Gasteiger partial charge in [0, 0.05) is 52.7 Å². The van der Waals surface area contributed by atoms with Crippen molar-refractivity contribution >= 4 is 10.8 Å². The summed E-state index contributed by atoms with van der Waals surface area (Å²) < 4.78 is 0. The summed E-state index contributed by atoms with van der Waals surface area (Å²) in [6, 6.07) is 43.2. The molecule has 0 spiro atoms. The maximum Gasteiger partial charge on any atom is 0.164 e. The summed E-state index contributed by atoms with van der Waals surface area (Å²) >= 11 is 0. The van der Waals surface area contributed by atoms with E-state index in [1.807, 2.05) is 85.3 Å². The molecule has 4 aromatic carbocycles. The van der Waals surface area contributed by atoms with Crippen molar-refractivity contribution < 1.29 is 0 Å². The van der Waals surface area contributed by atoms with E-state index in [1.165, 1.54) is 11.1 Å². The average molecular weight is 603 g/mol. The van der Waals surface area contributed by atoms with Crippen molar-refractivity contribution in [2.45, 2.75) is 6.42 Å². The van der Waals surface area contributed by atoms with Crippen LogP contribution in [-0.4, -0.2) is 29.9 Å². The Balaban J connectivity index is 1.17. The van der Waals surface area contributed by atoms with Crippen LogP contribution in [0, 0.1) is 0 Å². The van der Waals surface area contributed by atoms with Crippen molar-refractivity contribution in [2.75, 3.05) is 0 Å². The Kier molecular flexibility index (Phi) is 6.42. The van der Waals surface area contributed by atoms with E-state index in [0.717, 1.165) is 67.7 Å². The second-order valence-corrected chi connectivity index (χ2v) is 11.6. The highest BCUT2D eigenvalue weighted by atomic mass is 15.0. The fraction of sp³-hybridized carbons (Fsp3) is 0.0244. The fourth-order valence-corrected chi connectivity index (χ4v) is 6.52. The van der Waals surface area contributed by atoms with Crippen LogP contribution in [0.5, 0.6) is 0 Å². The molecular formula is C41H26N6. The number of rotatable bonds is 5. The van der Waals surface area contributed by atoms with Crippen molar-refractivity contribution in [3.8, 4) is 67.9 Å². The molecule has 0 unspecified atom stereocenters. The summed E-state index contributed by atoms with van der Waals surface area (Å²) in [6.07, 6.45) is 6.40. The van der Waals surface area contributed by atoms with Crippen molar-refractivity contribution in [3.05, 3.63) is 157 Å². The molecule has 0 saturated heterocycles. The van der Waals surface area contributed by atoms with Crippen LogP contribution in [-0.2, 0) is 6.42 Å². The highest BCUT2D eigenvalue weighted by Gasteiger charge is 2.25. The number of pyridine rings is 3. The van der Waals surface area contributed by atoms with E-state index in [9.17, 15) is 0 Å². The molecule has 0 fully saturated rings. The first-order valence-corrected chi connectivity index (χ1v) is 15.6. The summed E-state index contributed by atoms with van der Waals surface area (Å²) in [6.45, 7) is 0. The molecule has 0 bridgehead atoms. The van der Waals surface area contributed by atoms with Gasteiger partial charge in [-0.1, -0.05) is 103 Å². The van der Waals surface area contributed by atoms with Crippen molar-refractivity contribution in [1.29, 1.82) is 0 Å². The maximum atomic E-state index is 4.96. The van der Waals surface area contributed by atoms with Gasteiger partial charge in [0.25, 0.3) is 0 Å². The molecule has 9 rings (SSSR count). The molecule has 220 valence electrons. The van der Waals surface area contributed by atoms with Crippen molar-refractivity contribution in [3.63, 3.8) is 0 Å². The zero-order valence-corrected chi connectivity index (χ0v) is 25.2. The summed E-state index contributed by atoms with van der Waals surface area (Å²) in [4.78, 5) is 29.2. The Bertz CT molecular complexity index is 2380. The fourth-order valence-electron chi connectivity index (χ4n) is 6.52. The normalized spacial score (nSPS) is 11.7. The second kappa shape index (κ2) is 11.2. The van der Waals surface area contributed by atoms with E-state index in [1.54, 1.807) is 0 Å². The molecule has 0 radical (unpaired) electrons. The van der Waals surface area contributed by atoms with Crippen LogP contribution < -0.4 is 0 Å². The molecule has 4 aromatic heterocycles. The molecule has 8 aromatic rings. The van der Waals surface area contributed by atoms with Crippen LogP contribution in [0.4, 0.5) is 0 Å². The van der Waals surface area contributed by atoms with Crippen LogP contribution in [0.15, 0.2) is 146 Å². The molecule has 1 aliphatic carbocycles. The minimum Gasteiger partial charge on any atom is -0.256 e. The molecule has 0 atom stereocenters. The van der Waals surface area contributed by atoms with Gasteiger partial charge >= 0.3 is 0 Å². The Labute approximate surface area is 271 Å². The zero-order valence-electron chi connectivity index (χ0n) is 25.2. The third-order valence-electron chi connectivity index (χ3n) is 8.73. The molecule has 0 N–H and O–H groups in total. The minimum absolute atomic E-state index is 0.624. The van der Waals surface area contributed by atoms with Crippen LogP contribution in [0.25, 0.3) is 78.7 Å². The van der Waals surface area contributed by atoms with Gasteiger partial charge in [-0.25, -0.2) is 15.0 Å². The zero-order chi connectivity index (χ0) is 31.2. The van der Waals surface area contributed by atoms with Gasteiger partial charge in [-0.2, -0.15) is 0 Å². The molecule has 0 aliphatic heterocycles. The lowest BCUT2D eigenvalue weighted by atomic mass is 9.95. The Hall–Kier alpha value is -6.40. The minimum atomic E-state index is 0.624. The van der Waals surface area contributed by atoms with Gasteiger partial charge in [-0.15, -0.1) is 0 Å². The lowest BCUT2D eigenvalue weighted by Gasteiger charge is -2.13. The molecule has 0 amide bonds.